The summed E-state index contributed by atoms with van der Waals surface area (Å²) < 4.78 is 5.06. The second kappa shape index (κ2) is 8.72. The first-order chi connectivity index (χ1) is 13.1. The third-order valence-corrected chi connectivity index (χ3v) is 4.94. The third kappa shape index (κ3) is 4.68. The number of nitrogens with one attached hydrogen (secondary N) is 2. The molecule has 0 saturated carbocycles. The minimum atomic E-state index is -0.741. The lowest BCUT2D eigenvalue weighted by Crippen LogP contribution is -2.46. The van der Waals surface area contributed by atoms with Crippen LogP contribution in [0.3, 0.4) is 0 Å². The Bertz CT molecular complexity index is 793. The number of hydrogen-bond acceptors (Lipinski definition) is 4. The van der Waals surface area contributed by atoms with Gasteiger partial charge in [-0.1, -0.05) is 24.3 Å². The highest BCUT2D eigenvalue weighted by Gasteiger charge is 2.37. The van der Waals surface area contributed by atoms with Crippen LogP contribution in [0.1, 0.15) is 56.2 Å². The lowest BCUT2D eigenvalue weighted by molar-refractivity contribution is -0.148. The largest absolute Gasteiger partial charge is 0.452 e. The van der Waals surface area contributed by atoms with E-state index >= 15 is 0 Å². The summed E-state index contributed by atoms with van der Waals surface area (Å²) in [4.78, 5) is 36.1. The lowest BCUT2D eigenvalue weighted by Gasteiger charge is -2.24. The van der Waals surface area contributed by atoms with E-state index in [0.717, 1.165) is 11.1 Å². The van der Waals surface area contributed by atoms with E-state index in [0.29, 0.717) is 32.1 Å². The summed E-state index contributed by atoms with van der Waals surface area (Å²) in [6, 6.07) is 7.29. The standard InChI is InChI=1S/C21H24N2O4/c1-2-3-4-5-10-18(24)22-16-13-14-8-6-7-9-15(14)20(16)23-21(26)17-11-12-19(25)27-17/h6-9,16-17,20H,4-5,10-13H2,1H3,(H,22,24)(H,23,26)/t16-,17-,20-/m1/s1. The fourth-order valence-corrected chi connectivity index (χ4v) is 3.61. The minimum Gasteiger partial charge on any atom is -0.452 e. The van der Waals surface area contributed by atoms with Crippen molar-refractivity contribution in [3.8, 4) is 11.8 Å². The Morgan fingerprint density at radius 3 is 2.81 bits per heavy atom. The number of carbonyl (C=O) groups excluding carboxylic acids is 3. The molecule has 3 rings (SSSR count). The minimum absolute atomic E-state index is 0.0442. The van der Waals surface area contributed by atoms with E-state index < -0.39 is 6.10 Å². The van der Waals surface area contributed by atoms with Crippen molar-refractivity contribution in [3.05, 3.63) is 35.4 Å². The average molecular weight is 368 g/mol. The van der Waals surface area contributed by atoms with Gasteiger partial charge in [0.05, 0.1) is 12.1 Å². The van der Waals surface area contributed by atoms with Gasteiger partial charge < -0.3 is 15.4 Å². The van der Waals surface area contributed by atoms with Crippen LogP contribution in [0.25, 0.3) is 0 Å². The van der Waals surface area contributed by atoms with Crippen molar-refractivity contribution in [1.82, 2.24) is 10.6 Å². The van der Waals surface area contributed by atoms with Crippen LogP contribution in [0.4, 0.5) is 0 Å². The second-order valence-corrected chi connectivity index (χ2v) is 6.86. The van der Waals surface area contributed by atoms with E-state index in [1.807, 2.05) is 24.3 Å². The molecule has 3 atom stereocenters. The average Bonchev–Trinajstić information content (AvgIpc) is 3.23. The predicted molar refractivity (Wildman–Crippen MR) is 99.4 cm³/mol. The number of carbonyl (C=O) groups is 3. The molecule has 6 nitrogen and oxygen atoms in total. The highest BCUT2D eigenvalue weighted by molar-refractivity contribution is 5.87. The van der Waals surface area contributed by atoms with Crippen LogP contribution in [0.15, 0.2) is 24.3 Å². The van der Waals surface area contributed by atoms with Crippen molar-refractivity contribution in [2.24, 2.45) is 0 Å². The van der Waals surface area contributed by atoms with Gasteiger partial charge in [0.1, 0.15) is 0 Å². The summed E-state index contributed by atoms with van der Waals surface area (Å²) in [5, 5.41) is 6.02. The number of amides is 2. The molecule has 142 valence electrons. The maximum absolute atomic E-state index is 12.5. The quantitative estimate of drug-likeness (QED) is 0.455. The normalized spacial score (nSPS) is 23.0. The Labute approximate surface area is 159 Å². The van der Waals surface area contributed by atoms with Crippen LogP contribution >= 0.6 is 0 Å². The summed E-state index contributed by atoms with van der Waals surface area (Å²) in [6.07, 6.45) is 2.39. The van der Waals surface area contributed by atoms with E-state index in [1.54, 1.807) is 6.92 Å². The Morgan fingerprint density at radius 1 is 1.26 bits per heavy atom. The number of ether oxygens (including phenoxy) is 1. The first-order valence-electron chi connectivity index (χ1n) is 9.35. The van der Waals surface area contributed by atoms with E-state index in [1.165, 1.54) is 0 Å². The van der Waals surface area contributed by atoms with Crippen molar-refractivity contribution in [1.29, 1.82) is 0 Å². The van der Waals surface area contributed by atoms with Crippen LogP contribution in [-0.2, 0) is 25.5 Å². The zero-order valence-electron chi connectivity index (χ0n) is 15.4. The Hall–Kier alpha value is -2.81. The molecule has 0 aromatic heterocycles. The monoisotopic (exact) mass is 368 g/mol. The van der Waals surface area contributed by atoms with Gasteiger partial charge in [-0.25, -0.2) is 0 Å². The molecule has 0 bridgehead atoms. The maximum Gasteiger partial charge on any atom is 0.306 e. The van der Waals surface area contributed by atoms with Gasteiger partial charge in [0.2, 0.25) is 5.91 Å². The molecule has 1 heterocycles. The molecule has 1 saturated heterocycles. The molecule has 1 aliphatic carbocycles. The van der Waals surface area contributed by atoms with Crippen molar-refractivity contribution in [3.63, 3.8) is 0 Å². The molecule has 1 aromatic carbocycles. The zero-order valence-corrected chi connectivity index (χ0v) is 15.4. The first-order valence-corrected chi connectivity index (χ1v) is 9.35. The van der Waals surface area contributed by atoms with Gasteiger partial charge in [-0.15, -0.1) is 11.8 Å². The molecule has 27 heavy (non-hydrogen) atoms. The second-order valence-electron chi connectivity index (χ2n) is 6.86. The maximum atomic E-state index is 12.5. The number of cyclic esters (lactones) is 1. The van der Waals surface area contributed by atoms with Gasteiger partial charge in [0, 0.05) is 25.7 Å². The molecule has 1 aliphatic heterocycles. The molecule has 1 fully saturated rings. The summed E-state index contributed by atoms with van der Waals surface area (Å²) in [5.74, 6) is 5.08. The number of fused-ring (bicyclic) bond motifs is 1. The van der Waals surface area contributed by atoms with Crippen LogP contribution in [-0.4, -0.2) is 29.9 Å². The fourth-order valence-electron chi connectivity index (χ4n) is 3.61. The van der Waals surface area contributed by atoms with Crippen LogP contribution in [0.5, 0.6) is 0 Å². The molecule has 0 spiro atoms. The molecular formula is C21H24N2O4. The Kier molecular flexibility index (Phi) is 6.12. The molecule has 2 amide bonds. The Morgan fingerprint density at radius 2 is 2.07 bits per heavy atom. The van der Waals surface area contributed by atoms with Gasteiger partial charge in [0.25, 0.3) is 5.91 Å². The molecule has 0 radical (unpaired) electrons. The van der Waals surface area contributed by atoms with E-state index in [-0.39, 0.29) is 36.3 Å². The van der Waals surface area contributed by atoms with Gasteiger partial charge in [-0.3, -0.25) is 14.4 Å². The number of rotatable bonds is 6. The third-order valence-electron chi connectivity index (χ3n) is 4.94. The number of unbranched alkanes of at least 4 members (excludes halogenated alkanes) is 1. The zero-order chi connectivity index (χ0) is 19.2. The Balaban J connectivity index is 1.65. The first kappa shape index (κ1) is 19.0. The number of esters is 1. The molecule has 6 heteroatoms. The molecule has 2 N–H and O–H groups in total. The topological polar surface area (TPSA) is 84.5 Å². The van der Waals surface area contributed by atoms with Crippen LogP contribution < -0.4 is 10.6 Å². The van der Waals surface area contributed by atoms with Crippen LogP contribution in [0.2, 0.25) is 0 Å². The molecule has 1 aromatic rings. The summed E-state index contributed by atoms with van der Waals surface area (Å²) in [6.45, 7) is 1.78. The summed E-state index contributed by atoms with van der Waals surface area (Å²) >= 11 is 0. The van der Waals surface area contributed by atoms with E-state index in [2.05, 4.69) is 22.5 Å². The molecule has 2 aliphatic rings. The summed E-state index contributed by atoms with van der Waals surface area (Å²) in [5.41, 5.74) is 2.10. The van der Waals surface area contributed by atoms with Crippen molar-refractivity contribution in [2.45, 2.75) is 63.6 Å². The van der Waals surface area contributed by atoms with Crippen molar-refractivity contribution < 1.29 is 19.1 Å². The van der Waals surface area contributed by atoms with E-state index in [4.69, 9.17) is 4.74 Å². The number of benzene rings is 1. The fraction of sp³-hybridized carbons (Fsp3) is 0.476. The number of hydrogen-bond donors (Lipinski definition) is 2. The van der Waals surface area contributed by atoms with E-state index in [9.17, 15) is 14.4 Å². The molecular weight excluding hydrogens is 344 g/mol. The lowest BCUT2D eigenvalue weighted by atomic mass is 10.1. The summed E-state index contributed by atoms with van der Waals surface area (Å²) in [7, 11) is 0. The highest BCUT2D eigenvalue weighted by atomic mass is 16.6. The molecule has 0 unspecified atom stereocenters. The van der Waals surface area contributed by atoms with Gasteiger partial charge in [0.15, 0.2) is 6.10 Å². The SMILES string of the molecule is CC#CCCCC(=O)N[C@@H]1Cc2ccccc2[C@H]1NC(=O)[C@H]1CCC(=O)O1. The van der Waals surface area contributed by atoms with Crippen molar-refractivity contribution in [2.75, 3.05) is 0 Å². The van der Waals surface area contributed by atoms with Gasteiger partial charge in [-0.2, -0.15) is 0 Å². The highest BCUT2D eigenvalue weighted by Crippen LogP contribution is 2.32. The van der Waals surface area contributed by atoms with Crippen LogP contribution in [0, 0.1) is 11.8 Å². The van der Waals surface area contributed by atoms with Gasteiger partial charge >= 0.3 is 5.97 Å². The van der Waals surface area contributed by atoms with Gasteiger partial charge in [-0.05, 0) is 30.9 Å². The van der Waals surface area contributed by atoms with Crippen molar-refractivity contribution >= 4 is 17.8 Å². The predicted octanol–water partition coefficient (Wildman–Crippen LogP) is 1.78. The smallest absolute Gasteiger partial charge is 0.306 e.